The first-order chi connectivity index (χ1) is 16.1. The lowest BCUT2D eigenvalue weighted by Gasteiger charge is -2.38. The third-order valence-corrected chi connectivity index (χ3v) is 7.74. The van der Waals surface area contributed by atoms with Crippen molar-refractivity contribution in [3.05, 3.63) is 29.3 Å². The van der Waals surface area contributed by atoms with Gasteiger partial charge < -0.3 is 19.4 Å². The zero-order valence-electron chi connectivity index (χ0n) is 19.3. The molecule has 33 heavy (non-hydrogen) atoms. The highest BCUT2D eigenvalue weighted by Crippen LogP contribution is 2.28. The number of aryl methyl sites for hydroxylation is 1. The van der Waals surface area contributed by atoms with Crippen molar-refractivity contribution in [1.82, 2.24) is 14.7 Å². The standard InChI is InChI=1S/C25H34N4O4/c30-23-8-5-19-17-21(6-7-22(19)23)27-11-15-29(16-12-27)25(32)33-18-24(31)28-13-9-26(10-14-28)20-3-1-2-4-20/h6-7,17,20H,1-5,8-16,18H2. The van der Waals surface area contributed by atoms with Crippen LogP contribution in [0.25, 0.3) is 0 Å². The van der Waals surface area contributed by atoms with E-state index in [9.17, 15) is 14.4 Å². The molecule has 1 aromatic carbocycles. The summed E-state index contributed by atoms with van der Waals surface area (Å²) in [5.74, 6) is 0.134. The van der Waals surface area contributed by atoms with E-state index in [0.717, 1.165) is 49.4 Å². The minimum Gasteiger partial charge on any atom is -0.439 e. The molecule has 2 heterocycles. The Kier molecular flexibility index (Phi) is 6.53. The second-order valence-electron chi connectivity index (χ2n) is 9.65. The van der Waals surface area contributed by atoms with Crippen LogP contribution in [0.2, 0.25) is 0 Å². The molecule has 2 aliphatic carbocycles. The lowest BCUT2D eigenvalue weighted by Crippen LogP contribution is -2.53. The molecule has 5 rings (SSSR count). The van der Waals surface area contributed by atoms with E-state index >= 15 is 0 Å². The molecule has 178 valence electrons. The summed E-state index contributed by atoms with van der Waals surface area (Å²) in [7, 11) is 0. The zero-order chi connectivity index (χ0) is 22.8. The highest BCUT2D eigenvalue weighted by molar-refractivity contribution is 6.00. The molecule has 0 unspecified atom stereocenters. The van der Waals surface area contributed by atoms with Crippen LogP contribution in [0.4, 0.5) is 10.5 Å². The molecule has 1 aromatic rings. The number of fused-ring (bicyclic) bond motifs is 1. The second kappa shape index (κ2) is 9.71. The number of Topliss-reactive ketones (excluding diaryl/α,β-unsaturated/α-hetero) is 1. The van der Waals surface area contributed by atoms with Gasteiger partial charge in [0.25, 0.3) is 5.91 Å². The van der Waals surface area contributed by atoms with Gasteiger partial charge in [-0.1, -0.05) is 12.8 Å². The zero-order valence-corrected chi connectivity index (χ0v) is 19.3. The van der Waals surface area contributed by atoms with Crippen molar-refractivity contribution in [3.8, 4) is 0 Å². The van der Waals surface area contributed by atoms with Crippen LogP contribution in [0.15, 0.2) is 18.2 Å². The summed E-state index contributed by atoms with van der Waals surface area (Å²) in [4.78, 5) is 45.2. The van der Waals surface area contributed by atoms with Crippen molar-refractivity contribution in [2.75, 3.05) is 63.9 Å². The average Bonchev–Trinajstić information content (AvgIpc) is 3.53. The van der Waals surface area contributed by atoms with Crippen molar-refractivity contribution in [1.29, 1.82) is 0 Å². The van der Waals surface area contributed by atoms with Gasteiger partial charge in [-0.3, -0.25) is 14.5 Å². The third-order valence-electron chi connectivity index (χ3n) is 7.74. The molecular weight excluding hydrogens is 420 g/mol. The number of amides is 2. The van der Waals surface area contributed by atoms with Crippen molar-refractivity contribution >= 4 is 23.5 Å². The van der Waals surface area contributed by atoms with Gasteiger partial charge in [0.1, 0.15) is 0 Å². The average molecular weight is 455 g/mol. The van der Waals surface area contributed by atoms with Gasteiger partial charge in [0, 0.05) is 76.1 Å². The predicted molar refractivity (Wildman–Crippen MR) is 125 cm³/mol. The predicted octanol–water partition coefficient (Wildman–Crippen LogP) is 2.16. The number of benzene rings is 1. The summed E-state index contributed by atoms with van der Waals surface area (Å²) in [6.07, 6.45) is 6.22. The maximum atomic E-state index is 12.5. The fourth-order valence-corrected chi connectivity index (χ4v) is 5.70. The smallest absolute Gasteiger partial charge is 0.410 e. The fourth-order valence-electron chi connectivity index (χ4n) is 5.70. The number of rotatable bonds is 4. The number of ether oxygens (including phenoxy) is 1. The van der Waals surface area contributed by atoms with Crippen LogP contribution in [-0.2, 0) is 16.0 Å². The largest absolute Gasteiger partial charge is 0.439 e. The van der Waals surface area contributed by atoms with Crippen molar-refractivity contribution in [2.24, 2.45) is 0 Å². The molecule has 0 aromatic heterocycles. The molecule has 0 bridgehead atoms. The van der Waals surface area contributed by atoms with Crippen molar-refractivity contribution < 1.29 is 19.1 Å². The molecule has 8 nitrogen and oxygen atoms in total. The Morgan fingerprint density at radius 2 is 1.58 bits per heavy atom. The van der Waals surface area contributed by atoms with Gasteiger partial charge in [0.05, 0.1) is 0 Å². The summed E-state index contributed by atoms with van der Waals surface area (Å²) < 4.78 is 5.36. The van der Waals surface area contributed by atoms with E-state index < -0.39 is 6.09 Å². The Labute approximate surface area is 195 Å². The number of piperazine rings is 2. The van der Waals surface area contributed by atoms with E-state index in [1.54, 1.807) is 4.90 Å². The Bertz CT molecular complexity index is 898. The molecule has 4 aliphatic rings. The molecule has 0 spiro atoms. The maximum Gasteiger partial charge on any atom is 0.410 e. The Morgan fingerprint density at radius 3 is 2.30 bits per heavy atom. The Morgan fingerprint density at radius 1 is 0.879 bits per heavy atom. The lowest BCUT2D eigenvalue weighted by molar-refractivity contribution is -0.136. The summed E-state index contributed by atoms with van der Waals surface area (Å²) in [6, 6.07) is 6.73. The molecule has 0 atom stereocenters. The van der Waals surface area contributed by atoms with Crippen LogP contribution in [-0.4, -0.2) is 97.5 Å². The first-order valence-electron chi connectivity index (χ1n) is 12.4. The first kappa shape index (κ1) is 22.2. The van der Waals surface area contributed by atoms with Crippen LogP contribution in [0.3, 0.4) is 0 Å². The fraction of sp³-hybridized carbons (Fsp3) is 0.640. The van der Waals surface area contributed by atoms with Crippen LogP contribution < -0.4 is 4.90 Å². The van der Waals surface area contributed by atoms with E-state index in [1.165, 1.54) is 25.7 Å². The molecule has 1 saturated carbocycles. The normalized spacial score (nSPS) is 22.1. The molecule has 0 radical (unpaired) electrons. The number of nitrogens with zero attached hydrogens (tertiary/aromatic N) is 4. The highest BCUT2D eigenvalue weighted by atomic mass is 16.6. The van der Waals surface area contributed by atoms with Gasteiger partial charge in [-0.2, -0.15) is 0 Å². The monoisotopic (exact) mass is 454 g/mol. The van der Waals surface area contributed by atoms with Crippen LogP contribution >= 0.6 is 0 Å². The highest BCUT2D eigenvalue weighted by Gasteiger charge is 2.29. The number of anilines is 1. The molecule has 2 aliphatic heterocycles. The van der Waals surface area contributed by atoms with Crippen LogP contribution in [0, 0.1) is 0 Å². The van der Waals surface area contributed by atoms with Gasteiger partial charge >= 0.3 is 6.09 Å². The van der Waals surface area contributed by atoms with E-state index in [4.69, 9.17) is 4.74 Å². The summed E-state index contributed by atoms with van der Waals surface area (Å²) in [5.41, 5.74) is 3.08. The molecule has 2 amide bonds. The molecule has 3 fully saturated rings. The third kappa shape index (κ3) is 4.86. The van der Waals surface area contributed by atoms with E-state index in [0.29, 0.717) is 38.6 Å². The second-order valence-corrected chi connectivity index (χ2v) is 9.65. The molecular formula is C25H34N4O4. The van der Waals surface area contributed by atoms with E-state index in [-0.39, 0.29) is 18.3 Å². The SMILES string of the molecule is O=C1CCc2cc(N3CCN(C(=O)OCC(=O)N4CCN(C5CCCC5)CC4)CC3)ccc21. The van der Waals surface area contributed by atoms with Gasteiger partial charge in [-0.25, -0.2) is 4.79 Å². The summed E-state index contributed by atoms with van der Waals surface area (Å²) >= 11 is 0. The molecule has 0 N–H and O–H groups in total. The minimum absolute atomic E-state index is 0.0965. The summed E-state index contributed by atoms with van der Waals surface area (Å²) in [5, 5.41) is 0. The van der Waals surface area contributed by atoms with Crippen molar-refractivity contribution in [3.63, 3.8) is 0 Å². The molecule has 2 saturated heterocycles. The van der Waals surface area contributed by atoms with Gasteiger partial charge in [-0.05, 0) is 43.0 Å². The maximum absolute atomic E-state index is 12.5. The number of ketones is 1. The van der Waals surface area contributed by atoms with E-state index in [2.05, 4.69) is 15.9 Å². The summed E-state index contributed by atoms with van der Waals surface area (Å²) in [6.45, 7) is 5.63. The van der Waals surface area contributed by atoms with Crippen molar-refractivity contribution in [2.45, 2.75) is 44.6 Å². The quantitative estimate of drug-likeness (QED) is 0.694. The van der Waals surface area contributed by atoms with Gasteiger partial charge in [0.15, 0.2) is 12.4 Å². The van der Waals surface area contributed by atoms with Gasteiger partial charge in [-0.15, -0.1) is 0 Å². The number of hydrogen-bond donors (Lipinski definition) is 0. The number of carbonyl (C=O) groups excluding carboxylic acids is 3. The number of carbonyl (C=O) groups is 3. The topological polar surface area (TPSA) is 73.4 Å². The first-order valence-corrected chi connectivity index (χ1v) is 12.4. The molecule has 8 heteroatoms. The Balaban J connectivity index is 1.04. The number of hydrogen-bond acceptors (Lipinski definition) is 6. The van der Waals surface area contributed by atoms with Crippen LogP contribution in [0.5, 0.6) is 0 Å². The van der Waals surface area contributed by atoms with Crippen LogP contribution in [0.1, 0.15) is 48.0 Å². The Hall–Kier alpha value is -2.61. The minimum atomic E-state index is -0.410. The van der Waals surface area contributed by atoms with Gasteiger partial charge in [0.2, 0.25) is 0 Å². The van der Waals surface area contributed by atoms with E-state index in [1.807, 2.05) is 17.0 Å². The lowest BCUT2D eigenvalue weighted by atomic mass is 10.1.